The topological polar surface area (TPSA) is 70.8 Å². The summed E-state index contributed by atoms with van der Waals surface area (Å²) in [7, 11) is 1.66. The maximum absolute atomic E-state index is 12.3. The van der Waals surface area contributed by atoms with Crippen LogP contribution in [-0.2, 0) is 6.42 Å². The monoisotopic (exact) mass is 321 g/mol. The summed E-state index contributed by atoms with van der Waals surface area (Å²) in [5.41, 5.74) is 1.02. The Morgan fingerprint density at radius 3 is 2.50 bits per heavy atom. The Bertz CT molecular complexity index is 678. The average molecular weight is 322 g/mol. The normalized spacial score (nSPS) is 12.0. The molecule has 0 saturated heterocycles. The Morgan fingerprint density at radius 2 is 1.95 bits per heavy atom. The highest BCUT2D eigenvalue weighted by Crippen LogP contribution is 2.15. The number of carboxylic acids is 1. The van der Waals surface area contributed by atoms with E-state index in [0.717, 1.165) is 11.8 Å². The first-order chi connectivity index (χ1) is 10.4. The van der Waals surface area contributed by atoms with E-state index in [1.807, 2.05) is 19.1 Å². The number of halogens is 1. The van der Waals surface area contributed by atoms with E-state index in [1.54, 1.807) is 19.2 Å². The van der Waals surface area contributed by atoms with Crippen molar-refractivity contribution in [2.45, 2.75) is 19.4 Å². The Balaban J connectivity index is 2.05. The molecule has 116 valence electrons. The van der Waals surface area contributed by atoms with E-state index in [0.29, 0.717) is 11.4 Å². The van der Waals surface area contributed by atoms with Crippen molar-refractivity contribution in [3.05, 3.63) is 58.5 Å². The van der Waals surface area contributed by atoms with Gasteiger partial charge in [-0.25, -0.2) is 4.79 Å². The molecule has 1 aromatic carbocycles. The maximum Gasteiger partial charge on any atom is 0.338 e. The summed E-state index contributed by atoms with van der Waals surface area (Å²) < 4.78 is 5.04. The van der Waals surface area contributed by atoms with Gasteiger partial charge < -0.3 is 14.4 Å². The number of hydrogen-bond donors (Lipinski definition) is 1. The molecule has 0 bridgehead atoms. The number of benzene rings is 1. The first-order valence-electron chi connectivity index (χ1n) is 6.72. The summed E-state index contributed by atoms with van der Waals surface area (Å²) >= 11 is 5.84. The molecular weight excluding hydrogens is 306 g/mol. The molecule has 0 aliphatic rings. The molecule has 2 aromatic rings. The minimum absolute atomic E-state index is 0.0165. The number of rotatable bonds is 5. The first-order valence-corrected chi connectivity index (χ1v) is 7.09. The van der Waals surface area contributed by atoms with E-state index >= 15 is 0 Å². The van der Waals surface area contributed by atoms with E-state index < -0.39 is 5.97 Å². The number of furan rings is 1. The number of carbonyl (C=O) groups is 2. The van der Waals surface area contributed by atoms with Crippen molar-refractivity contribution in [2.24, 2.45) is 0 Å². The highest BCUT2D eigenvalue weighted by Gasteiger charge is 2.22. The van der Waals surface area contributed by atoms with Gasteiger partial charge in [-0.05, 0) is 31.0 Å². The Kier molecular flexibility index (Phi) is 4.88. The van der Waals surface area contributed by atoms with E-state index in [2.05, 4.69) is 0 Å². The van der Waals surface area contributed by atoms with E-state index in [4.69, 9.17) is 21.1 Å². The third kappa shape index (κ3) is 3.68. The number of amides is 1. The molecule has 1 atom stereocenters. The SMILES string of the molecule is CC(Cc1ccc(Cl)cc1)N(C)C(=O)c1cc(C(=O)O)co1. The minimum atomic E-state index is -1.13. The number of likely N-dealkylation sites (N-methyl/N-ethyl adjacent to an activating group) is 1. The Hall–Kier alpha value is -2.27. The van der Waals surface area contributed by atoms with Gasteiger partial charge in [-0.15, -0.1) is 0 Å². The molecule has 0 fully saturated rings. The van der Waals surface area contributed by atoms with Crippen LogP contribution in [0, 0.1) is 0 Å². The standard InChI is InChI=1S/C16H16ClNO4/c1-10(7-11-3-5-13(17)6-4-11)18(2)15(19)14-8-12(9-22-14)16(20)21/h3-6,8-10H,7H2,1-2H3,(H,20,21). The maximum atomic E-state index is 12.3. The van der Waals surface area contributed by atoms with E-state index in [1.165, 1.54) is 11.0 Å². The summed E-state index contributed by atoms with van der Waals surface area (Å²) in [5.74, 6) is -1.46. The van der Waals surface area contributed by atoms with E-state index in [9.17, 15) is 9.59 Å². The number of carboxylic acid groups (broad SMARTS) is 1. The third-order valence-corrected chi connectivity index (χ3v) is 3.74. The van der Waals surface area contributed by atoms with Crippen LogP contribution in [0.3, 0.4) is 0 Å². The fraction of sp³-hybridized carbons (Fsp3) is 0.250. The largest absolute Gasteiger partial charge is 0.478 e. The molecule has 1 heterocycles. The molecule has 1 N–H and O–H groups in total. The van der Waals surface area contributed by atoms with Gasteiger partial charge in [0.25, 0.3) is 5.91 Å². The molecule has 0 radical (unpaired) electrons. The summed E-state index contributed by atoms with van der Waals surface area (Å²) in [4.78, 5) is 24.6. The zero-order valence-electron chi connectivity index (χ0n) is 12.2. The van der Waals surface area contributed by atoms with Gasteiger partial charge in [-0.3, -0.25) is 4.79 Å². The van der Waals surface area contributed by atoms with Crippen LogP contribution in [0.4, 0.5) is 0 Å². The van der Waals surface area contributed by atoms with Crippen LogP contribution in [0.15, 0.2) is 41.0 Å². The van der Waals surface area contributed by atoms with Crippen molar-refractivity contribution >= 4 is 23.5 Å². The third-order valence-electron chi connectivity index (χ3n) is 3.48. The van der Waals surface area contributed by atoms with Crippen molar-refractivity contribution < 1.29 is 19.1 Å². The number of nitrogens with zero attached hydrogens (tertiary/aromatic N) is 1. The highest BCUT2D eigenvalue weighted by molar-refractivity contribution is 6.30. The molecule has 6 heteroatoms. The van der Waals surface area contributed by atoms with Crippen molar-refractivity contribution in [2.75, 3.05) is 7.05 Å². The zero-order valence-corrected chi connectivity index (χ0v) is 13.0. The van der Waals surface area contributed by atoms with Gasteiger partial charge >= 0.3 is 5.97 Å². The molecule has 0 aliphatic heterocycles. The highest BCUT2D eigenvalue weighted by atomic mass is 35.5. The van der Waals surface area contributed by atoms with Crippen molar-refractivity contribution in [3.8, 4) is 0 Å². The zero-order chi connectivity index (χ0) is 16.3. The van der Waals surface area contributed by atoms with Crippen LogP contribution in [0.5, 0.6) is 0 Å². The molecule has 0 saturated carbocycles. The molecule has 1 amide bonds. The first kappa shape index (κ1) is 16.1. The lowest BCUT2D eigenvalue weighted by molar-refractivity contribution is 0.0692. The number of carbonyl (C=O) groups excluding carboxylic acids is 1. The van der Waals surface area contributed by atoms with Crippen LogP contribution < -0.4 is 0 Å². The van der Waals surface area contributed by atoms with Gasteiger partial charge in [0.1, 0.15) is 6.26 Å². The number of aromatic carboxylic acids is 1. The Labute approximate surface area is 133 Å². The van der Waals surface area contributed by atoms with Gasteiger partial charge in [0.15, 0.2) is 5.76 Å². The van der Waals surface area contributed by atoms with Crippen molar-refractivity contribution in [1.82, 2.24) is 4.90 Å². The second-order valence-corrected chi connectivity index (χ2v) is 5.54. The van der Waals surface area contributed by atoms with Gasteiger partial charge in [0, 0.05) is 24.2 Å². The van der Waals surface area contributed by atoms with Gasteiger partial charge in [-0.2, -0.15) is 0 Å². The molecule has 2 rings (SSSR count). The van der Waals surface area contributed by atoms with Gasteiger partial charge in [0.2, 0.25) is 0 Å². The van der Waals surface area contributed by atoms with Crippen LogP contribution in [0.1, 0.15) is 33.4 Å². The predicted molar refractivity (Wildman–Crippen MR) is 82.4 cm³/mol. The smallest absolute Gasteiger partial charge is 0.338 e. The molecular formula is C16H16ClNO4. The minimum Gasteiger partial charge on any atom is -0.478 e. The molecule has 1 aromatic heterocycles. The van der Waals surface area contributed by atoms with E-state index in [-0.39, 0.29) is 23.3 Å². The fourth-order valence-corrected chi connectivity index (χ4v) is 2.16. The average Bonchev–Trinajstić information content (AvgIpc) is 2.98. The van der Waals surface area contributed by atoms with Crippen molar-refractivity contribution in [3.63, 3.8) is 0 Å². The lowest BCUT2D eigenvalue weighted by Gasteiger charge is -2.24. The number of hydrogen-bond acceptors (Lipinski definition) is 3. The van der Waals surface area contributed by atoms with Crippen LogP contribution in [0.2, 0.25) is 5.02 Å². The predicted octanol–water partition coefficient (Wildman–Crippen LogP) is 3.33. The molecule has 0 spiro atoms. The molecule has 5 nitrogen and oxygen atoms in total. The van der Waals surface area contributed by atoms with Crippen molar-refractivity contribution in [1.29, 1.82) is 0 Å². The summed E-state index contributed by atoms with van der Waals surface area (Å²) in [5, 5.41) is 9.51. The molecule has 0 aliphatic carbocycles. The molecule has 1 unspecified atom stereocenters. The van der Waals surface area contributed by atoms with Crippen LogP contribution >= 0.6 is 11.6 Å². The fourth-order valence-electron chi connectivity index (χ4n) is 2.03. The second-order valence-electron chi connectivity index (χ2n) is 5.10. The van der Waals surface area contributed by atoms with Gasteiger partial charge in [-0.1, -0.05) is 23.7 Å². The van der Waals surface area contributed by atoms with Gasteiger partial charge in [0.05, 0.1) is 5.56 Å². The lowest BCUT2D eigenvalue weighted by atomic mass is 10.1. The summed E-state index contributed by atoms with van der Waals surface area (Å²) in [6.45, 7) is 1.91. The Morgan fingerprint density at radius 1 is 1.32 bits per heavy atom. The molecule has 22 heavy (non-hydrogen) atoms. The summed E-state index contributed by atoms with van der Waals surface area (Å²) in [6.07, 6.45) is 1.72. The quantitative estimate of drug-likeness (QED) is 0.917. The second kappa shape index (κ2) is 6.66. The lowest BCUT2D eigenvalue weighted by Crippen LogP contribution is -2.36. The summed E-state index contributed by atoms with van der Waals surface area (Å²) in [6, 6.07) is 8.58. The van der Waals surface area contributed by atoms with Crippen LogP contribution in [0.25, 0.3) is 0 Å². The van der Waals surface area contributed by atoms with Crippen LogP contribution in [-0.4, -0.2) is 35.0 Å².